The number of ether oxygens (including phenoxy) is 1. The van der Waals surface area contributed by atoms with Crippen molar-refractivity contribution in [2.45, 2.75) is 32.9 Å². The molecule has 0 aliphatic carbocycles. The van der Waals surface area contributed by atoms with E-state index in [4.69, 9.17) is 4.74 Å². The van der Waals surface area contributed by atoms with Crippen LogP contribution >= 0.6 is 11.3 Å². The van der Waals surface area contributed by atoms with Crippen molar-refractivity contribution >= 4 is 17.4 Å². The minimum Gasteiger partial charge on any atom is -0.497 e. The van der Waals surface area contributed by atoms with Gasteiger partial charge in [0, 0.05) is 11.9 Å². The van der Waals surface area contributed by atoms with E-state index in [1.54, 1.807) is 23.3 Å². The van der Waals surface area contributed by atoms with Crippen LogP contribution in [-0.2, 0) is 0 Å². The standard InChI is InChI=1S/C23H27N3O2S/c1-15-22(29-17(3)24-15)16(2)26(4)23(27)25-21(18-9-7-6-8-10-18)19-11-13-20(28-5)14-12-19/h6-14,16,21H,1-5H3,(H,25,27). The van der Waals surface area contributed by atoms with Crippen LogP contribution in [-0.4, -0.2) is 30.1 Å². The number of nitrogens with one attached hydrogen (secondary N) is 1. The third kappa shape index (κ3) is 4.77. The van der Waals surface area contributed by atoms with Gasteiger partial charge in [-0.05, 0) is 44.0 Å². The molecule has 6 heteroatoms. The molecule has 3 rings (SSSR count). The molecule has 0 spiro atoms. The van der Waals surface area contributed by atoms with Gasteiger partial charge >= 0.3 is 6.03 Å². The number of carbonyl (C=O) groups excluding carboxylic acids is 1. The molecule has 1 N–H and O–H groups in total. The van der Waals surface area contributed by atoms with Gasteiger partial charge in [0.25, 0.3) is 0 Å². The van der Waals surface area contributed by atoms with E-state index in [9.17, 15) is 4.79 Å². The number of nitrogens with zero attached hydrogens (tertiary/aromatic N) is 2. The van der Waals surface area contributed by atoms with Gasteiger partial charge in [-0.2, -0.15) is 0 Å². The molecule has 5 nitrogen and oxygen atoms in total. The Labute approximate surface area is 176 Å². The summed E-state index contributed by atoms with van der Waals surface area (Å²) in [5.74, 6) is 0.786. The van der Waals surface area contributed by atoms with E-state index in [0.717, 1.165) is 32.5 Å². The number of hydrogen-bond donors (Lipinski definition) is 1. The van der Waals surface area contributed by atoms with Crippen molar-refractivity contribution in [3.8, 4) is 5.75 Å². The van der Waals surface area contributed by atoms with E-state index in [-0.39, 0.29) is 18.1 Å². The maximum atomic E-state index is 13.1. The van der Waals surface area contributed by atoms with Crippen LogP contribution in [0.1, 0.15) is 45.7 Å². The minimum atomic E-state index is -0.256. The van der Waals surface area contributed by atoms with Crippen molar-refractivity contribution in [2.24, 2.45) is 0 Å². The van der Waals surface area contributed by atoms with Gasteiger partial charge in [-0.15, -0.1) is 11.3 Å². The first-order valence-electron chi connectivity index (χ1n) is 9.57. The van der Waals surface area contributed by atoms with Crippen molar-refractivity contribution in [1.29, 1.82) is 0 Å². The van der Waals surface area contributed by atoms with Gasteiger partial charge in [-0.1, -0.05) is 42.5 Å². The number of hydrogen-bond acceptors (Lipinski definition) is 4. The summed E-state index contributed by atoms with van der Waals surface area (Å²) in [5, 5.41) is 4.21. The second kappa shape index (κ2) is 9.09. The van der Waals surface area contributed by atoms with Crippen LogP contribution in [0.25, 0.3) is 0 Å². The summed E-state index contributed by atoms with van der Waals surface area (Å²) in [6.45, 7) is 6.01. The molecule has 0 saturated carbocycles. The quantitative estimate of drug-likeness (QED) is 0.604. The SMILES string of the molecule is COc1ccc(C(NC(=O)N(C)C(C)c2sc(C)nc2C)c2ccccc2)cc1. The Morgan fingerprint density at radius 1 is 1.07 bits per heavy atom. The van der Waals surface area contributed by atoms with E-state index < -0.39 is 0 Å². The van der Waals surface area contributed by atoms with Gasteiger partial charge in [-0.3, -0.25) is 0 Å². The second-order valence-electron chi connectivity index (χ2n) is 7.04. The number of aryl methyl sites for hydroxylation is 2. The number of aromatic nitrogens is 1. The van der Waals surface area contributed by atoms with Crippen molar-refractivity contribution < 1.29 is 9.53 Å². The maximum Gasteiger partial charge on any atom is 0.318 e. The molecule has 0 fully saturated rings. The van der Waals surface area contributed by atoms with Gasteiger partial charge in [-0.25, -0.2) is 9.78 Å². The van der Waals surface area contributed by atoms with E-state index >= 15 is 0 Å². The van der Waals surface area contributed by atoms with E-state index in [0.29, 0.717) is 0 Å². The lowest BCUT2D eigenvalue weighted by atomic mass is 9.98. The summed E-state index contributed by atoms with van der Waals surface area (Å²) >= 11 is 1.64. The zero-order chi connectivity index (χ0) is 21.0. The predicted molar refractivity (Wildman–Crippen MR) is 118 cm³/mol. The monoisotopic (exact) mass is 409 g/mol. The Hall–Kier alpha value is -2.86. The Morgan fingerprint density at radius 3 is 2.24 bits per heavy atom. The fourth-order valence-corrected chi connectivity index (χ4v) is 4.34. The molecule has 0 bridgehead atoms. The highest BCUT2D eigenvalue weighted by molar-refractivity contribution is 7.11. The molecule has 0 radical (unpaired) electrons. The number of urea groups is 1. The number of benzene rings is 2. The van der Waals surface area contributed by atoms with Crippen LogP contribution in [0.2, 0.25) is 0 Å². The van der Waals surface area contributed by atoms with Crippen molar-refractivity contribution in [1.82, 2.24) is 15.2 Å². The van der Waals surface area contributed by atoms with Gasteiger partial charge in [0.2, 0.25) is 0 Å². The molecule has 2 aromatic carbocycles. The first kappa shape index (κ1) is 20.9. The summed E-state index contributed by atoms with van der Waals surface area (Å²) in [5.41, 5.74) is 3.00. The molecular weight excluding hydrogens is 382 g/mol. The zero-order valence-corrected chi connectivity index (χ0v) is 18.3. The topological polar surface area (TPSA) is 54.5 Å². The van der Waals surface area contributed by atoms with E-state index in [1.165, 1.54) is 0 Å². The molecule has 152 valence electrons. The Morgan fingerprint density at radius 2 is 1.69 bits per heavy atom. The van der Waals surface area contributed by atoms with Crippen molar-refractivity contribution in [3.63, 3.8) is 0 Å². The van der Waals surface area contributed by atoms with Gasteiger partial charge in [0.1, 0.15) is 5.75 Å². The average Bonchev–Trinajstić information content (AvgIpc) is 3.09. The van der Waals surface area contributed by atoms with Crippen molar-refractivity contribution in [3.05, 3.63) is 81.3 Å². The molecule has 1 heterocycles. The molecule has 0 saturated heterocycles. The minimum absolute atomic E-state index is 0.0616. The summed E-state index contributed by atoms with van der Waals surface area (Å²) in [6.07, 6.45) is 0. The largest absolute Gasteiger partial charge is 0.497 e. The highest BCUT2D eigenvalue weighted by Crippen LogP contribution is 2.29. The number of rotatable bonds is 6. The van der Waals surface area contributed by atoms with Crippen LogP contribution in [0.4, 0.5) is 4.79 Å². The highest BCUT2D eigenvalue weighted by atomic mass is 32.1. The third-order valence-corrected chi connectivity index (χ3v) is 6.31. The molecule has 0 aliphatic heterocycles. The molecule has 2 amide bonds. The zero-order valence-electron chi connectivity index (χ0n) is 17.5. The van der Waals surface area contributed by atoms with Crippen LogP contribution in [0.3, 0.4) is 0 Å². The summed E-state index contributed by atoms with van der Waals surface area (Å²) < 4.78 is 5.27. The number of methoxy groups -OCH3 is 1. The molecule has 2 atom stereocenters. The average molecular weight is 410 g/mol. The Bertz CT molecular complexity index is 954. The normalized spacial score (nSPS) is 12.9. The third-order valence-electron chi connectivity index (χ3n) is 5.07. The Kier molecular flexibility index (Phi) is 6.54. The lowest BCUT2D eigenvalue weighted by Gasteiger charge is -2.28. The van der Waals surface area contributed by atoms with Gasteiger partial charge in [0.15, 0.2) is 0 Å². The van der Waals surface area contributed by atoms with Crippen LogP contribution in [0.15, 0.2) is 54.6 Å². The number of amides is 2. The van der Waals surface area contributed by atoms with E-state index in [1.807, 2.05) is 82.4 Å². The smallest absolute Gasteiger partial charge is 0.318 e. The predicted octanol–water partition coefficient (Wildman–Crippen LogP) is 5.26. The molecule has 29 heavy (non-hydrogen) atoms. The van der Waals surface area contributed by atoms with Crippen LogP contribution < -0.4 is 10.1 Å². The summed E-state index contributed by atoms with van der Waals surface area (Å²) in [6, 6.07) is 17.3. The summed E-state index contributed by atoms with van der Waals surface area (Å²) in [4.78, 5) is 20.5. The van der Waals surface area contributed by atoms with Crippen LogP contribution in [0, 0.1) is 13.8 Å². The maximum absolute atomic E-state index is 13.1. The van der Waals surface area contributed by atoms with Crippen molar-refractivity contribution in [2.75, 3.05) is 14.2 Å². The Balaban J connectivity index is 1.84. The first-order valence-corrected chi connectivity index (χ1v) is 10.4. The van der Waals surface area contributed by atoms with Gasteiger partial charge < -0.3 is 15.0 Å². The highest BCUT2D eigenvalue weighted by Gasteiger charge is 2.24. The first-order chi connectivity index (χ1) is 13.9. The molecular formula is C23H27N3O2S. The molecule has 1 aromatic heterocycles. The van der Waals surface area contributed by atoms with Gasteiger partial charge in [0.05, 0.1) is 29.9 Å². The fourth-order valence-electron chi connectivity index (χ4n) is 3.31. The second-order valence-corrected chi connectivity index (χ2v) is 8.27. The lowest BCUT2D eigenvalue weighted by molar-refractivity contribution is 0.192. The lowest BCUT2D eigenvalue weighted by Crippen LogP contribution is -2.41. The molecule has 0 aliphatic rings. The number of thiazole rings is 1. The summed E-state index contributed by atoms with van der Waals surface area (Å²) in [7, 11) is 3.47. The molecule has 2 unspecified atom stereocenters. The van der Waals surface area contributed by atoms with E-state index in [2.05, 4.69) is 10.3 Å². The fraction of sp³-hybridized carbons (Fsp3) is 0.304. The van der Waals surface area contributed by atoms with Crippen LogP contribution in [0.5, 0.6) is 5.75 Å². The number of carbonyl (C=O) groups is 1. The molecule has 3 aromatic rings.